The fourth-order valence-electron chi connectivity index (χ4n) is 2.57. The van der Waals surface area contributed by atoms with Gasteiger partial charge < -0.3 is 20.1 Å². The van der Waals surface area contributed by atoms with Crippen molar-refractivity contribution in [3.63, 3.8) is 0 Å². The second-order valence-corrected chi connectivity index (χ2v) is 6.89. The highest BCUT2D eigenvalue weighted by Gasteiger charge is 2.38. The zero-order chi connectivity index (χ0) is 18.7. The summed E-state index contributed by atoms with van der Waals surface area (Å²) in [6, 6.07) is 10.5. The fraction of sp³-hybridized carbons (Fsp3) is 0.278. The van der Waals surface area contributed by atoms with Crippen LogP contribution in [0.3, 0.4) is 0 Å². The van der Waals surface area contributed by atoms with Crippen molar-refractivity contribution in [3.8, 4) is 29.0 Å². The van der Waals surface area contributed by atoms with Gasteiger partial charge in [-0.1, -0.05) is 6.07 Å². The van der Waals surface area contributed by atoms with Crippen LogP contribution in [0.2, 0.25) is 0 Å². The van der Waals surface area contributed by atoms with Gasteiger partial charge in [-0.15, -0.1) is 11.8 Å². The normalized spacial score (nSPS) is 25.1. The molecule has 0 spiro atoms. The van der Waals surface area contributed by atoms with Gasteiger partial charge in [-0.25, -0.2) is 0 Å². The molecular weight excluding hydrogens is 354 g/mol. The number of thioether (sulfide) groups is 1. The molecule has 0 saturated carbocycles. The van der Waals surface area contributed by atoms with Crippen LogP contribution in [0.25, 0.3) is 11.1 Å². The number of aliphatic hydroxyl groups excluding tert-OH is 3. The van der Waals surface area contributed by atoms with E-state index in [9.17, 15) is 15.3 Å². The van der Waals surface area contributed by atoms with Crippen molar-refractivity contribution in [2.45, 2.75) is 23.7 Å². The molecule has 0 amide bonds. The van der Waals surface area contributed by atoms with Crippen molar-refractivity contribution < 1.29 is 20.1 Å². The van der Waals surface area contributed by atoms with E-state index in [4.69, 9.17) is 15.3 Å². The van der Waals surface area contributed by atoms with Gasteiger partial charge in [0.25, 0.3) is 0 Å². The molecular formula is C18H15N3O4S. The second-order valence-electron chi connectivity index (χ2n) is 5.76. The summed E-state index contributed by atoms with van der Waals surface area (Å²) in [4.78, 5) is 4.11. The minimum absolute atomic E-state index is 0.247. The van der Waals surface area contributed by atoms with E-state index in [-0.39, 0.29) is 11.3 Å². The summed E-state index contributed by atoms with van der Waals surface area (Å²) in [6.07, 6.45) is -0.425. The number of aromatic nitrogens is 1. The van der Waals surface area contributed by atoms with Gasteiger partial charge in [0.1, 0.15) is 30.1 Å². The first-order chi connectivity index (χ1) is 12.5. The van der Waals surface area contributed by atoms with Crippen LogP contribution >= 0.6 is 11.8 Å². The SMILES string of the molecule is N#Cc1ccc(-c2cncc(O[C@@H]3SC[C@@H](O)[C@H](O)[C@H]3O)c2)cc1C#N. The Labute approximate surface area is 154 Å². The van der Waals surface area contributed by atoms with Crippen molar-refractivity contribution in [2.24, 2.45) is 0 Å². The van der Waals surface area contributed by atoms with E-state index in [1.807, 2.05) is 12.1 Å². The van der Waals surface area contributed by atoms with Gasteiger partial charge in [-0.3, -0.25) is 4.98 Å². The van der Waals surface area contributed by atoms with Crippen LogP contribution in [-0.2, 0) is 0 Å². The summed E-state index contributed by atoms with van der Waals surface area (Å²) >= 11 is 1.20. The molecule has 3 rings (SSSR count). The van der Waals surface area contributed by atoms with Gasteiger partial charge in [0, 0.05) is 17.5 Å². The van der Waals surface area contributed by atoms with Crippen LogP contribution in [-0.4, -0.2) is 49.8 Å². The van der Waals surface area contributed by atoms with E-state index in [1.165, 1.54) is 18.0 Å². The van der Waals surface area contributed by atoms with E-state index in [2.05, 4.69) is 4.98 Å². The minimum atomic E-state index is -1.27. The summed E-state index contributed by atoms with van der Waals surface area (Å²) in [5, 5.41) is 47.5. The maximum atomic E-state index is 10.0. The Morgan fingerprint density at radius 2 is 1.77 bits per heavy atom. The molecule has 0 unspecified atom stereocenters. The van der Waals surface area contributed by atoms with Crippen LogP contribution in [0.4, 0.5) is 0 Å². The van der Waals surface area contributed by atoms with Gasteiger partial charge in [0.15, 0.2) is 5.44 Å². The third kappa shape index (κ3) is 3.64. The standard InChI is InChI=1S/C18H15N3O4S/c19-5-11-2-1-10(3-12(11)6-20)13-4-14(8-21-7-13)25-18-17(24)16(23)15(22)9-26-18/h1-4,7-8,15-18,22-24H,9H2/t15-,16+,17-,18-/m1/s1. The maximum Gasteiger partial charge on any atom is 0.173 e. The number of benzene rings is 1. The smallest absolute Gasteiger partial charge is 0.173 e. The Bertz CT molecular complexity index is 893. The number of hydrogen-bond acceptors (Lipinski definition) is 8. The predicted octanol–water partition coefficient (Wildman–Crippen LogP) is 1.03. The van der Waals surface area contributed by atoms with Crippen LogP contribution in [0.15, 0.2) is 36.7 Å². The topological polar surface area (TPSA) is 130 Å². The van der Waals surface area contributed by atoms with Crippen molar-refractivity contribution >= 4 is 11.8 Å². The lowest BCUT2D eigenvalue weighted by Gasteiger charge is -2.34. The molecule has 1 aliphatic rings. The number of nitriles is 2. The number of ether oxygens (including phenoxy) is 1. The quantitative estimate of drug-likeness (QED) is 0.731. The molecule has 26 heavy (non-hydrogen) atoms. The first kappa shape index (κ1) is 18.2. The molecule has 1 saturated heterocycles. The van der Waals surface area contributed by atoms with Gasteiger partial charge in [0.2, 0.25) is 0 Å². The molecule has 0 radical (unpaired) electrons. The van der Waals surface area contributed by atoms with Crippen molar-refractivity contribution in [3.05, 3.63) is 47.8 Å². The van der Waals surface area contributed by atoms with E-state index in [0.717, 1.165) is 0 Å². The Morgan fingerprint density at radius 1 is 1.00 bits per heavy atom. The lowest BCUT2D eigenvalue weighted by Crippen LogP contribution is -2.50. The summed E-state index contributed by atoms with van der Waals surface area (Å²) in [6.45, 7) is 0. The van der Waals surface area contributed by atoms with E-state index < -0.39 is 23.7 Å². The monoisotopic (exact) mass is 369 g/mol. The molecule has 8 heteroatoms. The molecule has 7 nitrogen and oxygen atoms in total. The van der Waals surface area contributed by atoms with Crippen LogP contribution in [0.1, 0.15) is 11.1 Å². The molecule has 3 N–H and O–H groups in total. The number of aliphatic hydroxyl groups is 3. The molecule has 1 fully saturated rings. The highest BCUT2D eigenvalue weighted by atomic mass is 32.2. The molecule has 1 aliphatic heterocycles. The average Bonchev–Trinajstić information content (AvgIpc) is 2.68. The number of rotatable bonds is 3. The van der Waals surface area contributed by atoms with Crippen molar-refractivity contribution in [1.82, 2.24) is 4.98 Å². The maximum absolute atomic E-state index is 10.0. The average molecular weight is 369 g/mol. The molecule has 4 atom stereocenters. The summed E-state index contributed by atoms with van der Waals surface area (Å²) in [5.41, 5.74) is 1.21. The van der Waals surface area contributed by atoms with E-state index in [1.54, 1.807) is 30.5 Å². The molecule has 2 heterocycles. The predicted molar refractivity (Wildman–Crippen MR) is 94.0 cm³/mol. The molecule has 1 aromatic heterocycles. The minimum Gasteiger partial charge on any atom is -0.475 e. The molecule has 132 valence electrons. The summed E-state index contributed by atoms with van der Waals surface area (Å²) in [7, 11) is 0. The Balaban J connectivity index is 1.83. The van der Waals surface area contributed by atoms with E-state index >= 15 is 0 Å². The molecule has 1 aromatic carbocycles. The summed E-state index contributed by atoms with van der Waals surface area (Å²) in [5.74, 6) is 0.627. The van der Waals surface area contributed by atoms with Gasteiger partial charge in [0.05, 0.1) is 23.4 Å². The Kier molecular flexibility index (Phi) is 5.40. The third-order valence-electron chi connectivity index (χ3n) is 4.01. The number of nitrogens with zero attached hydrogens (tertiary/aromatic N) is 3. The van der Waals surface area contributed by atoms with Gasteiger partial charge in [-0.05, 0) is 23.8 Å². The number of hydrogen-bond donors (Lipinski definition) is 3. The zero-order valence-corrected chi connectivity index (χ0v) is 14.3. The molecule has 0 bridgehead atoms. The number of pyridine rings is 1. The molecule has 0 aliphatic carbocycles. The Hall–Kier alpha value is -2.62. The highest BCUT2D eigenvalue weighted by molar-refractivity contribution is 7.99. The van der Waals surface area contributed by atoms with Gasteiger partial charge in [-0.2, -0.15) is 10.5 Å². The first-order valence-corrected chi connectivity index (χ1v) is 8.80. The largest absolute Gasteiger partial charge is 0.475 e. The zero-order valence-electron chi connectivity index (χ0n) is 13.5. The third-order valence-corrected chi connectivity index (χ3v) is 5.25. The van der Waals surface area contributed by atoms with Crippen LogP contribution in [0, 0.1) is 22.7 Å². The first-order valence-electron chi connectivity index (χ1n) is 7.75. The van der Waals surface area contributed by atoms with Crippen LogP contribution < -0.4 is 4.74 Å². The highest BCUT2D eigenvalue weighted by Crippen LogP contribution is 2.31. The fourth-order valence-corrected chi connectivity index (χ4v) is 3.69. The molecule has 2 aromatic rings. The summed E-state index contributed by atoms with van der Waals surface area (Å²) < 4.78 is 5.71. The van der Waals surface area contributed by atoms with Gasteiger partial charge >= 0.3 is 0 Å². The lowest BCUT2D eigenvalue weighted by atomic mass is 10.0. The van der Waals surface area contributed by atoms with Crippen molar-refractivity contribution in [1.29, 1.82) is 10.5 Å². The lowest BCUT2D eigenvalue weighted by molar-refractivity contribution is -0.0786. The van der Waals surface area contributed by atoms with Crippen LogP contribution in [0.5, 0.6) is 5.75 Å². The van der Waals surface area contributed by atoms with Crippen molar-refractivity contribution in [2.75, 3.05) is 5.75 Å². The second kappa shape index (κ2) is 7.73. The van der Waals surface area contributed by atoms with E-state index in [0.29, 0.717) is 22.4 Å². The Morgan fingerprint density at radius 3 is 2.50 bits per heavy atom.